The second kappa shape index (κ2) is 5.46. The second-order valence-corrected chi connectivity index (χ2v) is 4.35. The van der Waals surface area contributed by atoms with E-state index >= 15 is 0 Å². The van der Waals surface area contributed by atoms with Crippen LogP contribution in [0.15, 0.2) is 23.7 Å². The number of methoxy groups -OCH3 is 1. The van der Waals surface area contributed by atoms with Crippen molar-refractivity contribution in [3.63, 3.8) is 0 Å². The normalized spacial score (nSPS) is 10.1. The van der Waals surface area contributed by atoms with E-state index in [9.17, 15) is 4.79 Å². The molecule has 2 rings (SSSR count). The quantitative estimate of drug-likeness (QED) is 0.861. The molecule has 0 aromatic carbocycles. The molecule has 94 valence electrons. The van der Waals surface area contributed by atoms with E-state index < -0.39 is 0 Å². The summed E-state index contributed by atoms with van der Waals surface area (Å²) < 4.78 is 5.00. The molecule has 0 saturated heterocycles. The van der Waals surface area contributed by atoms with Gasteiger partial charge in [-0.3, -0.25) is 4.79 Å². The molecule has 18 heavy (non-hydrogen) atoms. The Morgan fingerprint density at radius 3 is 3.11 bits per heavy atom. The fourth-order valence-electron chi connectivity index (χ4n) is 1.34. The fraction of sp³-hybridized carbons (Fsp3) is 0.182. The van der Waals surface area contributed by atoms with Crippen LogP contribution in [0, 0.1) is 0 Å². The van der Waals surface area contributed by atoms with Crippen LogP contribution >= 0.6 is 11.3 Å². The molecule has 0 unspecified atom stereocenters. The van der Waals surface area contributed by atoms with E-state index in [1.165, 1.54) is 11.3 Å². The van der Waals surface area contributed by atoms with E-state index in [0.29, 0.717) is 23.3 Å². The van der Waals surface area contributed by atoms with Gasteiger partial charge in [-0.05, 0) is 11.6 Å². The molecule has 6 nitrogen and oxygen atoms in total. The Kier molecular flexibility index (Phi) is 3.73. The summed E-state index contributed by atoms with van der Waals surface area (Å²) >= 11 is 1.24. The molecule has 0 saturated carbocycles. The van der Waals surface area contributed by atoms with Crippen molar-refractivity contribution in [2.45, 2.75) is 6.54 Å². The summed E-state index contributed by atoms with van der Waals surface area (Å²) in [6.45, 7) is 0.384. The van der Waals surface area contributed by atoms with Gasteiger partial charge in [0.25, 0.3) is 5.91 Å². The first-order valence-electron chi connectivity index (χ1n) is 5.17. The average molecular weight is 264 g/mol. The van der Waals surface area contributed by atoms with Crippen LogP contribution in [0.2, 0.25) is 0 Å². The molecule has 3 N–H and O–H groups in total. The molecule has 7 heteroatoms. The van der Waals surface area contributed by atoms with E-state index in [-0.39, 0.29) is 5.91 Å². The molecule has 0 atom stereocenters. The predicted octanol–water partition coefficient (Wildman–Crippen LogP) is 1.06. The fourth-order valence-corrected chi connectivity index (χ4v) is 1.88. The van der Waals surface area contributed by atoms with Crippen molar-refractivity contribution in [3.05, 3.63) is 35.0 Å². The Balaban J connectivity index is 1.97. The highest BCUT2D eigenvalue weighted by Gasteiger charge is 2.09. The lowest BCUT2D eigenvalue weighted by molar-refractivity contribution is 0.0946. The van der Waals surface area contributed by atoms with Gasteiger partial charge in [0.1, 0.15) is 5.69 Å². The lowest BCUT2D eigenvalue weighted by atomic mass is 10.2. The lowest BCUT2D eigenvalue weighted by Crippen LogP contribution is -2.23. The van der Waals surface area contributed by atoms with Gasteiger partial charge in [-0.15, -0.1) is 11.3 Å². The first-order chi connectivity index (χ1) is 8.69. The van der Waals surface area contributed by atoms with Gasteiger partial charge in [-0.25, -0.2) is 9.97 Å². The summed E-state index contributed by atoms with van der Waals surface area (Å²) in [6, 6.07) is 3.56. The lowest BCUT2D eigenvalue weighted by Gasteiger charge is -2.04. The first kappa shape index (κ1) is 12.3. The number of nitrogens with zero attached hydrogens (tertiary/aromatic N) is 2. The summed E-state index contributed by atoms with van der Waals surface area (Å²) in [4.78, 5) is 19.6. The Morgan fingerprint density at radius 1 is 1.61 bits per heavy atom. The number of aromatic nitrogens is 2. The van der Waals surface area contributed by atoms with Crippen LogP contribution in [0.5, 0.6) is 5.88 Å². The van der Waals surface area contributed by atoms with E-state index in [0.717, 1.165) is 5.56 Å². The van der Waals surface area contributed by atoms with Crippen molar-refractivity contribution in [2.24, 2.45) is 0 Å². The van der Waals surface area contributed by atoms with E-state index in [1.807, 2.05) is 0 Å². The first-order valence-corrected chi connectivity index (χ1v) is 6.05. The maximum absolute atomic E-state index is 11.7. The van der Waals surface area contributed by atoms with Crippen molar-refractivity contribution >= 4 is 22.4 Å². The zero-order valence-corrected chi connectivity index (χ0v) is 10.5. The van der Waals surface area contributed by atoms with E-state index in [4.69, 9.17) is 10.5 Å². The number of hydrogen-bond acceptors (Lipinski definition) is 6. The summed E-state index contributed by atoms with van der Waals surface area (Å²) in [5.74, 6) is 0.262. The van der Waals surface area contributed by atoms with Crippen molar-refractivity contribution in [1.29, 1.82) is 0 Å². The van der Waals surface area contributed by atoms with Gasteiger partial charge in [0.05, 0.1) is 7.11 Å². The van der Waals surface area contributed by atoms with Crippen LogP contribution in [0.1, 0.15) is 16.1 Å². The summed E-state index contributed by atoms with van der Waals surface area (Å²) in [5, 5.41) is 4.75. The highest BCUT2D eigenvalue weighted by Crippen LogP contribution is 2.11. The van der Waals surface area contributed by atoms with Gasteiger partial charge < -0.3 is 15.8 Å². The van der Waals surface area contributed by atoms with Crippen LogP contribution in [0.25, 0.3) is 0 Å². The molecule has 2 aromatic heterocycles. The van der Waals surface area contributed by atoms with E-state index in [1.54, 1.807) is 30.8 Å². The predicted molar refractivity (Wildman–Crippen MR) is 68.5 cm³/mol. The zero-order valence-electron chi connectivity index (χ0n) is 9.71. The molecule has 2 heterocycles. The molecular weight excluding hydrogens is 252 g/mol. The minimum Gasteiger partial charge on any atom is -0.481 e. The summed E-state index contributed by atoms with van der Waals surface area (Å²) in [7, 11) is 1.54. The average Bonchev–Trinajstić information content (AvgIpc) is 2.83. The molecule has 0 aliphatic rings. The molecule has 0 radical (unpaired) electrons. The number of nitrogens with one attached hydrogen (secondary N) is 1. The molecule has 1 amide bonds. The highest BCUT2D eigenvalue weighted by atomic mass is 32.1. The number of ether oxygens (including phenoxy) is 1. The monoisotopic (exact) mass is 264 g/mol. The molecule has 0 fully saturated rings. The number of nitrogens with two attached hydrogens (primary N) is 1. The molecule has 0 aliphatic carbocycles. The van der Waals surface area contributed by atoms with Crippen molar-refractivity contribution in [3.8, 4) is 5.88 Å². The third-order valence-corrected chi connectivity index (χ3v) is 2.89. The smallest absolute Gasteiger partial charge is 0.271 e. The number of hydrogen-bond donors (Lipinski definition) is 2. The number of rotatable bonds is 4. The zero-order chi connectivity index (χ0) is 13.0. The van der Waals surface area contributed by atoms with Crippen LogP contribution in [-0.4, -0.2) is 23.0 Å². The highest BCUT2D eigenvalue weighted by molar-refractivity contribution is 7.13. The third kappa shape index (κ3) is 2.95. The standard InChI is InChI=1S/C11H12N4O2S/c1-17-9-4-7(2-3-13-9)5-14-10(16)8-6-18-11(12)15-8/h2-4,6H,5H2,1H3,(H2,12,15)(H,14,16). The topological polar surface area (TPSA) is 90.1 Å². The molecule has 0 spiro atoms. The third-order valence-electron chi connectivity index (χ3n) is 2.22. The number of carbonyl (C=O) groups excluding carboxylic acids is 1. The van der Waals surface area contributed by atoms with Gasteiger partial charge in [0.2, 0.25) is 5.88 Å². The number of thiazole rings is 1. The number of carbonyl (C=O) groups is 1. The van der Waals surface area contributed by atoms with Crippen molar-refractivity contribution in [1.82, 2.24) is 15.3 Å². The van der Waals surface area contributed by atoms with Gasteiger partial charge >= 0.3 is 0 Å². The van der Waals surface area contributed by atoms with Crippen LogP contribution < -0.4 is 15.8 Å². The second-order valence-electron chi connectivity index (χ2n) is 3.46. The summed E-state index contributed by atoms with van der Waals surface area (Å²) in [5.41, 5.74) is 6.70. The van der Waals surface area contributed by atoms with Crippen molar-refractivity contribution in [2.75, 3.05) is 12.8 Å². The number of pyridine rings is 1. The molecule has 0 aliphatic heterocycles. The number of amides is 1. The Bertz CT molecular complexity index is 555. The summed E-state index contributed by atoms with van der Waals surface area (Å²) in [6.07, 6.45) is 1.63. The maximum atomic E-state index is 11.7. The molecule has 0 bridgehead atoms. The van der Waals surface area contributed by atoms with Gasteiger partial charge in [-0.1, -0.05) is 0 Å². The Hall–Kier alpha value is -2.15. The van der Waals surface area contributed by atoms with Crippen LogP contribution in [0.4, 0.5) is 5.13 Å². The Labute approximate surface area is 108 Å². The minimum absolute atomic E-state index is 0.251. The van der Waals surface area contributed by atoms with Crippen LogP contribution in [0.3, 0.4) is 0 Å². The number of nitrogen functional groups attached to an aromatic ring is 1. The van der Waals surface area contributed by atoms with Gasteiger partial charge in [0, 0.05) is 24.2 Å². The van der Waals surface area contributed by atoms with E-state index in [2.05, 4.69) is 15.3 Å². The largest absolute Gasteiger partial charge is 0.481 e. The number of anilines is 1. The van der Waals surface area contributed by atoms with Gasteiger partial charge in [0.15, 0.2) is 5.13 Å². The van der Waals surface area contributed by atoms with Crippen molar-refractivity contribution < 1.29 is 9.53 Å². The maximum Gasteiger partial charge on any atom is 0.271 e. The van der Waals surface area contributed by atoms with Gasteiger partial charge in [-0.2, -0.15) is 0 Å². The molecule has 2 aromatic rings. The van der Waals surface area contributed by atoms with Crippen LogP contribution in [-0.2, 0) is 6.54 Å². The molecular formula is C11H12N4O2S. The Morgan fingerprint density at radius 2 is 2.44 bits per heavy atom. The SMILES string of the molecule is COc1cc(CNC(=O)c2csc(N)n2)ccn1. The minimum atomic E-state index is -0.251.